The van der Waals surface area contributed by atoms with E-state index >= 15 is 0 Å². The molecule has 0 atom stereocenters. The maximum absolute atomic E-state index is 12.1. The van der Waals surface area contributed by atoms with Gasteiger partial charge in [0.2, 0.25) is 5.91 Å². The van der Waals surface area contributed by atoms with E-state index < -0.39 is 0 Å². The second-order valence-corrected chi connectivity index (χ2v) is 5.52. The van der Waals surface area contributed by atoms with Gasteiger partial charge >= 0.3 is 0 Å². The third-order valence-corrected chi connectivity index (χ3v) is 3.70. The van der Waals surface area contributed by atoms with Gasteiger partial charge in [-0.3, -0.25) is 14.2 Å². The van der Waals surface area contributed by atoms with E-state index in [0.717, 1.165) is 0 Å². The maximum Gasteiger partial charge on any atom is 0.254 e. The molecule has 0 unspecified atom stereocenters. The number of methoxy groups -OCH3 is 1. The van der Waals surface area contributed by atoms with Crippen LogP contribution in [0.4, 0.5) is 5.69 Å². The molecule has 3 aromatic rings. The van der Waals surface area contributed by atoms with E-state index in [9.17, 15) is 9.59 Å². The Balaban J connectivity index is 1.71. The molecule has 8 heteroatoms. The normalized spacial score (nSPS) is 10.5. The molecule has 7 nitrogen and oxygen atoms in total. The van der Waals surface area contributed by atoms with Crippen LogP contribution in [-0.4, -0.2) is 22.6 Å². The van der Waals surface area contributed by atoms with Gasteiger partial charge in [0, 0.05) is 11.8 Å². The van der Waals surface area contributed by atoms with E-state index in [-0.39, 0.29) is 18.0 Å². The minimum Gasteiger partial charge on any atom is -0.495 e. The van der Waals surface area contributed by atoms with Crippen molar-refractivity contribution in [2.45, 2.75) is 6.54 Å². The molecule has 2 aromatic heterocycles. The predicted octanol–water partition coefficient (Wildman–Crippen LogP) is 2.80. The van der Waals surface area contributed by atoms with Crippen LogP contribution in [0.1, 0.15) is 0 Å². The minimum atomic E-state index is -0.379. The summed E-state index contributed by atoms with van der Waals surface area (Å²) >= 11 is 6.01. The molecule has 1 N–H and O–H groups in total. The molecule has 3 rings (SSSR count). The van der Waals surface area contributed by atoms with E-state index in [4.69, 9.17) is 20.8 Å². The highest BCUT2D eigenvalue weighted by Gasteiger charge is 2.10. The van der Waals surface area contributed by atoms with Crippen molar-refractivity contribution in [1.29, 1.82) is 0 Å². The Kier molecular flexibility index (Phi) is 4.85. The molecule has 0 radical (unpaired) electrons. The highest BCUT2D eigenvalue weighted by atomic mass is 35.5. The molecule has 0 spiro atoms. The van der Waals surface area contributed by atoms with Gasteiger partial charge in [-0.15, -0.1) is 0 Å². The lowest BCUT2D eigenvalue weighted by Crippen LogP contribution is -2.27. The van der Waals surface area contributed by atoms with Gasteiger partial charge in [0.05, 0.1) is 24.7 Å². The van der Waals surface area contributed by atoms with Gasteiger partial charge in [0.15, 0.2) is 5.76 Å². The molecule has 0 saturated heterocycles. The van der Waals surface area contributed by atoms with E-state index in [0.29, 0.717) is 27.9 Å². The molecule has 0 saturated carbocycles. The van der Waals surface area contributed by atoms with E-state index in [1.165, 1.54) is 30.3 Å². The number of nitrogens with zero attached hydrogens (tertiary/aromatic N) is 2. The average molecular weight is 360 g/mol. The van der Waals surface area contributed by atoms with Crippen molar-refractivity contribution in [1.82, 2.24) is 9.55 Å². The highest BCUT2D eigenvalue weighted by molar-refractivity contribution is 6.32. The molecule has 0 fully saturated rings. The van der Waals surface area contributed by atoms with Crippen LogP contribution in [0.5, 0.6) is 5.75 Å². The number of ether oxygens (including phenoxy) is 1. The fourth-order valence-electron chi connectivity index (χ4n) is 2.20. The molecule has 25 heavy (non-hydrogen) atoms. The van der Waals surface area contributed by atoms with Crippen molar-refractivity contribution < 1.29 is 13.9 Å². The second kappa shape index (κ2) is 7.23. The molecular weight excluding hydrogens is 346 g/mol. The number of benzene rings is 1. The fraction of sp³-hybridized carbons (Fsp3) is 0.118. The minimum absolute atomic E-state index is 0.173. The Labute approximate surface area is 147 Å². The van der Waals surface area contributed by atoms with Crippen molar-refractivity contribution in [3.05, 3.63) is 64.4 Å². The van der Waals surface area contributed by atoms with Crippen LogP contribution in [0.3, 0.4) is 0 Å². The van der Waals surface area contributed by atoms with E-state index in [1.807, 2.05) is 0 Å². The number of amides is 1. The van der Waals surface area contributed by atoms with Crippen LogP contribution in [0.2, 0.25) is 5.02 Å². The zero-order valence-corrected chi connectivity index (χ0v) is 14.0. The molecular formula is C17H14ClN3O4. The average Bonchev–Trinajstić information content (AvgIpc) is 3.11. The number of halogens is 1. The molecule has 0 aliphatic rings. The third-order valence-electron chi connectivity index (χ3n) is 3.40. The van der Waals surface area contributed by atoms with E-state index in [1.54, 1.807) is 30.3 Å². The summed E-state index contributed by atoms with van der Waals surface area (Å²) < 4.78 is 11.4. The van der Waals surface area contributed by atoms with Crippen molar-refractivity contribution in [3.8, 4) is 17.2 Å². The van der Waals surface area contributed by atoms with Gasteiger partial charge < -0.3 is 14.5 Å². The molecule has 2 heterocycles. The number of carbonyl (C=O) groups is 1. The Hall–Kier alpha value is -3.06. The van der Waals surface area contributed by atoms with E-state index in [2.05, 4.69) is 10.3 Å². The topological polar surface area (TPSA) is 86.4 Å². The zero-order valence-electron chi connectivity index (χ0n) is 13.2. The van der Waals surface area contributed by atoms with Crippen LogP contribution in [0.25, 0.3) is 11.5 Å². The molecule has 1 aromatic carbocycles. The second-order valence-electron chi connectivity index (χ2n) is 5.12. The lowest BCUT2D eigenvalue weighted by atomic mass is 10.3. The van der Waals surface area contributed by atoms with Crippen molar-refractivity contribution in [2.24, 2.45) is 0 Å². The van der Waals surface area contributed by atoms with Crippen LogP contribution >= 0.6 is 11.6 Å². The lowest BCUT2D eigenvalue weighted by molar-refractivity contribution is -0.116. The summed E-state index contributed by atoms with van der Waals surface area (Å²) in [6, 6.07) is 9.59. The first-order valence-corrected chi connectivity index (χ1v) is 7.68. The summed E-state index contributed by atoms with van der Waals surface area (Å²) in [4.78, 5) is 28.4. The van der Waals surface area contributed by atoms with Gasteiger partial charge in [0.25, 0.3) is 5.56 Å². The Morgan fingerprint density at radius 3 is 2.84 bits per heavy atom. The number of hydrogen-bond donors (Lipinski definition) is 1. The molecule has 1 amide bonds. The van der Waals surface area contributed by atoms with Crippen LogP contribution < -0.4 is 15.6 Å². The van der Waals surface area contributed by atoms with Gasteiger partial charge in [-0.05, 0) is 30.3 Å². The number of nitrogens with one attached hydrogen (secondary N) is 1. The van der Waals surface area contributed by atoms with Crippen LogP contribution in [0, 0.1) is 0 Å². The largest absolute Gasteiger partial charge is 0.495 e. The number of furan rings is 1. The van der Waals surface area contributed by atoms with Gasteiger partial charge in [-0.2, -0.15) is 0 Å². The van der Waals surface area contributed by atoms with Gasteiger partial charge in [-0.1, -0.05) is 11.6 Å². The fourth-order valence-corrected chi connectivity index (χ4v) is 2.46. The summed E-state index contributed by atoms with van der Waals surface area (Å²) in [5.41, 5.74) is 0.557. The summed E-state index contributed by atoms with van der Waals surface area (Å²) in [5, 5.41) is 3.04. The predicted molar refractivity (Wildman–Crippen MR) is 92.8 cm³/mol. The smallest absolute Gasteiger partial charge is 0.254 e. The monoisotopic (exact) mass is 359 g/mol. The quantitative estimate of drug-likeness (QED) is 0.757. The lowest BCUT2D eigenvalue weighted by Gasteiger charge is -2.09. The molecule has 0 bridgehead atoms. The SMILES string of the molecule is COc1ccc(NC(=O)Cn2cnc(-c3ccco3)cc2=O)cc1Cl. The van der Waals surface area contributed by atoms with Crippen LogP contribution in [0.15, 0.2) is 58.2 Å². The first-order chi connectivity index (χ1) is 12.1. The first kappa shape index (κ1) is 16.8. The first-order valence-electron chi connectivity index (χ1n) is 7.30. The van der Waals surface area contributed by atoms with Crippen molar-refractivity contribution in [3.63, 3.8) is 0 Å². The number of anilines is 1. The van der Waals surface area contributed by atoms with Gasteiger partial charge in [0.1, 0.15) is 18.0 Å². The Morgan fingerprint density at radius 1 is 1.36 bits per heavy atom. The summed E-state index contributed by atoms with van der Waals surface area (Å²) in [5.74, 6) is 0.617. The Bertz CT molecular complexity index is 951. The maximum atomic E-state index is 12.1. The molecule has 128 valence electrons. The third kappa shape index (κ3) is 3.89. The summed E-state index contributed by atoms with van der Waals surface area (Å²) in [6.07, 6.45) is 2.80. The Morgan fingerprint density at radius 2 is 2.20 bits per heavy atom. The highest BCUT2D eigenvalue weighted by Crippen LogP contribution is 2.27. The number of carbonyl (C=O) groups excluding carboxylic acids is 1. The van der Waals surface area contributed by atoms with Gasteiger partial charge in [-0.25, -0.2) is 4.98 Å². The summed E-state index contributed by atoms with van der Waals surface area (Å²) in [7, 11) is 1.51. The number of rotatable bonds is 5. The zero-order chi connectivity index (χ0) is 17.8. The molecule has 0 aliphatic carbocycles. The van der Waals surface area contributed by atoms with Crippen LogP contribution in [-0.2, 0) is 11.3 Å². The summed E-state index contributed by atoms with van der Waals surface area (Å²) in [6.45, 7) is -0.173. The molecule has 0 aliphatic heterocycles. The standard InChI is InChI=1S/C17H14ClN3O4/c1-24-14-5-4-11(7-12(14)18)20-16(22)9-21-10-19-13(8-17(21)23)15-3-2-6-25-15/h2-8,10H,9H2,1H3,(H,20,22). The van der Waals surface area contributed by atoms with Crippen molar-refractivity contribution in [2.75, 3.05) is 12.4 Å². The number of aromatic nitrogens is 2. The number of hydrogen-bond acceptors (Lipinski definition) is 5. The van der Waals surface area contributed by atoms with Crippen molar-refractivity contribution >= 4 is 23.2 Å².